The molecular formula is C30H25NO4. The maximum Gasteiger partial charge on any atom is 0.264 e. The molecule has 0 radical (unpaired) electrons. The Morgan fingerprint density at radius 2 is 1.23 bits per heavy atom. The maximum absolute atomic E-state index is 14.4. The van der Waals surface area contributed by atoms with Gasteiger partial charge in [-0.15, -0.1) is 0 Å². The molecule has 1 amide bonds. The average Bonchev–Trinajstić information content (AvgIpc) is 3.21. The topological polar surface area (TPSA) is 48.0 Å². The van der Waals surface area contributed by atoms with E-state index in [2.05, 4.69) is 0 Å². The molecule has 5 heteroatoms. The Labute approximate surface area is 204 Å². The average molecular weight is 464 g/mol. The van der Waals surface area contributed by atoms with Gasteiger partial charge in [0.1, 0.15) is 17.2 Å². The highest BCUT2D eigenvalue weighted by Gasteiger charge is 2.40. The van der Waals surface area contributed by atoms with Crippen LogP contribution in [0.5, 0.6) is 17.2 Å². The lowest BCUT2D eigenvalue weighted by molar-refractivity contribution is -0.112. The predicted molar refractivity (Wildman–Crippen MR) is 138 cm³/mol. The number of hydrogen-bond donors (Lipinski definition) is 0. The van der Waals surface area contributed by atoms with Crippen LogP contribution in [0.15, 0.2) is 97.1 Å². The third kappa shape index (κ3) is 3.71. The number of carbonyl (C=O) groups excluding carboxylic acids is 1. The third-order valence-corrected chi connectivity index (χ3v) is 6.14. The lowest BCUT2D eigenvalue weighted by atomic mass is 9.89. The van der Waals surface area contributed by atoms with E-state index in [9.17, 15) is 4.79 Å². The molecule has 174 valence electrons. The molecule has 0 saturated heterocycles. The van der Waals surface area contributed by atoms with E-state index < -0.39 is 0 Å². The maximum atomic E-state index is 14.4. The van der Waals surface area contributed by atoms with Crippen LogP contribution in [-0.4, -0.2) is 27.2 Å². The van der Waals surface area contributed by atoms with Gasteiger partial charge in [0, 0.05) is 16.7 Å². The van der Waals surface area contributed by atoms with Crippen molar-refractivity contribution in [3.63, 3.8) is 0 Å². The molecule has 35 heavy (non-hydrogen) atoms. The number of benzene rings is 4. The number of hydrogen-bond acceptors (Lipinski definition) is 4. The summed E-state index contributed by atoms with van der Waals surface area (Å²) in [5.41, 5.74) is 5.22. The Morgan fingerprint density at radius 3 is 1.94 bits per heavy atom. The van der Waals surface area contributed by atoms with Crippen LogP contribution in [0.4, 0.5) is 11.4 Å². The zero-order valence-corrected chi connectivity index (χ0v) is 19.8. The van der Waals surface area contributed by atoms with Crippen LogP contribution in [0.3, 0.4) is 0 Å². The summed E-state index contributed by atoms with van der Waals surface area (Å²) in [6.07, 6.45) is 0. The van der Waals surface area contributed by atoms with E-state index in [0.717, 1.165) is 22.3 Å². The van der Waals surface area contributed by atoms with Gasteiger partial charge in [-0.25, -0.2) is 0 Å². The van der Waals surface area contributed by atoms with Gasteiger partial charge in [-0.05, 0) is 29.8 Å². The van der Waals surface area contributed by atoms with E-state index in [4.69, 9.17) is 14.2 Å². The van der Waals surface area contributed by atoms with E-state index >= 15 is 0 Å². The van der Waals surface area contributed by atoms with E-state index in [1.165, 1.54) is 0 Å². The number of fused-ring (bicyclic) bond motifs is 1. The first-order chi connectivity index (χ1) is 17.2. The largest absolute Gasteiger partial charge is 0.496 e. The number of carbonyl (C=O) groups is 1. The van der Waals surface area contributed by atoms with Gasteiger partial charge >= 0.3 is 0 Å². The van der Waals surface area contributed by atoms with Crippen molar-refractivity contribution in [1.29, 1.82) is 0 Å². The van der Waals surface area contributed by atoms with Crippen molar-refractivity contribution in [2.24, 2.45) is 0 Å². The molecule has 0 N–H and O–H groups in total. The number of methoxy groups -OCH3 is 3. The lowest BCUT2D eigenvalue weighted by Crippen LogP contribution is -2.22. The summed E-state index contributed by atoms with van der Waals surface area (Å²) in [4.78, 5) is 16.1. The molecule has 4 aromatic rings. The van der Waals surface area contributed by atoms with Crippen molar-refractivity contribution in [2.75, 3.05) is 26.2 Å². The van der Waals surface area contributed by atoms with Crippen LogP contribution in [0.1, 0.15) is 16.7 Å². The normalized spacial score (nSPS) is 13.9. The molecule has 0 saturated carbocycles. The van der Waals surface area contributed by atoms with Crippen molar-refractivity contribution in [3.8, 4) is 17.2 Å². The van der Waals surface area contributed by atoms with E-state index in [1.807, 2.05) is 97.1 Å². The molecule has 5 rings (SSSR count). The van der Waals surface area contributed by atoms with Crippen molar-refractivity contribution < 1.29 is 19.0 Å². The van der Waals surface area contributed by atoms with Gasteiger partial charge in [-0.3, -0.25) is 9.69 Å². The molecule has 0 aromatic heterocycles. The Balaban J connectivity index is 1.90. The van der Waals surface area contributed by atoms with Crippen molar-refractivity contribution in [2.45, 2.75) is 0 Å². The lowest BCUT2D eigenvalue weighted by Gasteiger charge is -2.21. The van der Waals surface area contributed by atoms with Gasteiger partial charge in [0.2, 0.25) is 0 Å². The minimum atomic E-state index is -0.168. The number of para-hydroxylation sites is 4. The van der Waals surface area contributed by atoms with Crippen molar-refractivity contribution >= 4 is 28.4 Å². The number of anilines is 2. The van der Waals surface area contributed by atoms with Crippen LogP contribution in [0.2, 0.25) is 0 Å². The number of ether oxygens (including phenoxy) is 3. The quantitative estimate of drug-likeness (QED) is 0.313. The fourth-order valence-corrected chi connectivity index (χ4v) is 4.62. The summed E-state index contributed by atoms with van der Waals surface area (Å²) >= 11 is 0. The zero-order chi connectivity index (χ0) is 24.4. The smallest absolute Gasteiger partial charge is 0.264 e. The molecule has 1 heterocycles. The minimum Gasteiger partial charge on any atom is -0.496 e. The summed E-state index contributed by atoms with van der Waals surface area (Å²) in [5.74, 6) is 1.72. The molecule has 0 fully saturated rings. The van der Waals surface area contributed by atoms with Gasteiger partial charge in [-0.1, -0.05) is 72.8 Å². The molecule has 0 spiro atoms. The summed E-state index contributed by atoms with van der Waals surface area (Å²) in [6, 6.07) is 30.9. The summed E-state index contributed by atoms with van der Waals surface area (Å²) in [7, 11) is 4.85. The van der Waals surface area contributed by atoms with E-state index in [0.29, 0.717) is 34.2 Å². The predicted octanol–water partition coefficient (Wildman–Crippen LogP) is 6.35. The van der Waals surface area contributed by atoms with E-state index in [-0.39, 0.29) is 5.91 Å². The van der Waals surface area contributed by atoms with Gasteiger partial charge in [-0.2, -0.15) is 0 Å². The molecule has 1 aliphatic rings. The van der Waals surface area contributed by atoms with Crippen LogP contribution in [-0.2, 0) is 4.79 Å². The second kappa shape index (κ2) is 9.39. The number of rotatable bonds is 6. The first-order valence-electron chi connectivity index (χ1n) is 11.3. The van der Waals surface area contributed by atoms with Crippen molar-refractivity contribution in [1.82, 2.24) is 0 Å². The monoisotopic (exact) mass is 463 g/mol. The molecule has 0 bridgehead atoms. The van der Waals surface area contributed by atoms with Gasteiger partial charge < -0.3 is 14.2 Å². The fourth-order valence-electron chi connectivity index (χ4n) is 4.62. The molecule has 5 nitrogen and oxygen atoms in total. The second-order valence-electron chi connectivity index (χ2n) is 7.99. The Bertz CT molecular complexity index is 1430. The highest BCUT2D eigenvalue weighted by Crippen LogP contribution is 2.52. The van der Waals surface area contributed by atoms with Gasteiger partial charge in [0.25, 0.3) is 5.91 Å². The molecule has 0 aliphatic carbocycles. The van der Waals surface area contributed by atoms with Gasteiger partial charge in [0.15, 0.2) is 0 Å². The highest BCUT2D eigenvalue weighted by molar-refractivity contribution is 6.41. The number of amides is 1. The Kier molecular flexibility index (Phi) is 5.98. The van der Waals surface area contributed by atoms with Crippen molar-refractivity contribution in [3.05, 3.63) is 114 Å². The van der Waals surface area contributed by atoms with Crippen LogP contribution in [0, 0.1) is 0 Å². The fraction of sp³-hybridized carbons (Fsp3) is 0.100. The molecule has 1 aliphatic heterocycles. The summed E-state index contributed by atoms with van der Waals surface area (Å²) < 4.78 is 17.1. The number of nitrogens with zero attached hydrogens (tertiary/aromatic N) is 1. The second-order valence-corrected chi connectivity index (χ2v) is 7.99. The third-order valence-electron chi connectivity index (χ3n) is 6.14. The molecule has 0 unspecified atom stereocenters. The standard InChI is InChI=1S/C30H25NO4/c1-33-24-17-9-7-14-21(24)27(20-12-5-4-6-13-20)28-22-15-11-19-26(35-3)29(22)31(30(28)32)23-16-8-10-18-25(23)34-2/h4-19H,1-3H3/b28-27-. The molecule has 0 atom stereocenters. The Hall–Kier alpha value is -4.51. The van der Waals surface area contributed by atoms with Crippen LogP contribution >= 0.6 is 0 Å². The highest BCUT2D eigenvalue weighted by atomic mass is 16.5. The summed E-state index contributed by atoms with van der Waals surface area (Å²) in [6.45, 7) is 0. The van der Waals surface area contributed by atoms with Crippen LogP contribution < -0.4 is 19.1 Å². The zero-order valence-electron chi connectivity index (χ0n) is 19.8. The van der Waals surface area contributed by atoms with Gasteiger partial charge in [0.05, 0.1) is 38.3 Å². The first kappa shape index (κ1) is 22.3. The van der Waals surface area contributed by atoms with Crippen LogP contribution in [0.25, 0.3) is 11.1 Å². The van der Waals surface area contributed by atoms with E-state index in [1.54, 1.807) is 26.2 Å². The molecule has 4 aromatic carbocycles. The summed E-state index contributed by atoms with van der Waals surface area (Å²) in [5, 5.41) is 0. The SMILES string of the molecule is COc1ccccc1/C(=C1\C(=O)N(c2ccccc2OC)c2c(OC)cccc21)c1ccccc1. The Morgan fingerprint density at radius 1 is 0.629 bits per heavy atom. The molecular weight excluding hydrogens is 438 g/mol. The minimum absolute atomic E-state index is 0.168. The first-order valence-corrected chi connectivity index (χ1v) is 11.3.